The molecule has 5 nitrogen and oxygen atoms in total. The van der Waals surface area contributed by atoms with Gasteiger partial charge in [0.25, 0.3) is 5.91 Å². The van der Waals surface area contributed by atoms with E-state index in [1.54, 1.807) is 42.5 Å². The van der Waals surface area contributed by atoms with Crippen LogP contribution in [0.2, 0.25) is 10.0 Å². The smallest absolute Gasteiger partial charge is 0.253 e. The van der Waals surface area contributed by atoms with Gasteiger partial charge in [-0.05, 0) is 49.2 Å². The summed E-state index contributed by atoms with van der Waals surface area (Å²) in [6.45, 7) is 5.57. The van der Waals surface area contributed by atoms with Gasteiger partial charge in [0.2, 0.25) is 5.91 Å². The van der Waals surface area contributed by atoms with Crippen LogP contribution >= 0.6 is 23.2 Å². The van der Waals surface area contributed by atoms with Crippen molar-refractivity contribution in [3.63, 3.8) is 0 Å². The fourth-order valence-electron chi connectivity index (χ4n) is 2.78. The Balaban J connectivity index is 1.99. The summed E-state index contributed by atoms with van der Waals surface area (Å²) >= 11 is 12.0. The topological polar surface area (TPSA) is 61.4 Å². The largest absolute Gasteiger partial charge is 0.375 e. The number of anilines is 2. The summed E-state index contributed by atoms with van der Waals surface area (Å²) in [5.74, 6) is -0.263. The highest BCUT2D eigenvalue weighted by molar-refractivity contribution is 6.36. The minimum absolute atomic E-state index is 0.0223. The van der Waals surface area contributed by atoms with E-state index in [9.17, 15) is 9.59 Å². The number of benzene rings is 2. The molecule has 0 radical (unpaired) electrons. The van der Waals surface area contributed by atoms with Crippen molar-refractivity contribution >= 4 is 46.4 Å². The van der Waals surface area contributed by atoms with Gasteiger partial charge in [0.15, 0.2) is 0 Å². The Labute approximate surface area is 176 Å². The summed E-state index contributed by atoms with van der Waals surface area (Å²) in [6, 6.07) is 12.0. The van der Waals surface area contributed by atoms with Crippen molar-refractivity contribution in [3.05, 3.63) is 58.1 Å². The molecule has 2 N–H and O–H groups in total. The molecule has 28 heavy (non-hydrogen) atoms. The Kier molecular flexibility index (Phi) is 8.61. The molecule has 7 heteroatoms. The van der Waals surface area contributed by atoms with E-state index in [0.717, 1.165) is 25.9 Å². The van der Waals surface area contributed by atoms with Crippen LogP contribution in [0, 0.1) is 0 Å². The number of hydrogen-bond donors (Lipinski definition) is 2. The average Bonchev–Trinajstić information content (AvgIpc) is 2.67. The first-order valence-electron chi connectivity index (χ1n) is 9.32. The lowest BCUT2D eigenvalue weighted by Gasteiger charge is -2.21. The second-order valence-corrected chi connectivity index (χ2v) is 7.24. The van der Waals surface area contributed by atoms with Gasteiger partial charge in [-0.2, -0.15) is 0 Å². The number of nitrogens with one attached hydrogen (secondary N) is 2. The van der Waals surface area contributed by atoms with Gasteiger partial charge in [-0.3, -0.25) is 9.59 Å². The van der Waals surface area contributed by atoms with Crippen LogP contribution in [-0.4, -0.2) is 36.3 Å². The van der Waals surface area contributed by atoms with Gasteiger partial charge >= 0.3 is 0 Å². The van der Waals surface area contributed by atoms with Crippen LogP contribution in [0.5, 0.6) is 0 Å². The number of halogens is 2. The van der Waals surface area contributed by atoms with Crippen LogP contribution in [0.25, 0.3) is 0 Å². The first kappa shape index (κ1) is 22.1. The first-order valence-corrected chi connectivity index (χ1v) is 10.1. The van der Waals surface area contributed by atoms with Crippen molar-refractivity contribution in [2.45, 2.75) is 26.7 Å². The van der Waals surface area contributed by atoms with Gasteiger partial charge in [0, 0.05) is 29.4 Å². The lowest BCUT2D eigenvalue weighted by molar-refractivity contribution is -0.114. The van der Waals surface area contributed by atoms with E-state index in [4.69, 9.17) is 23.2 Å². The third kappa shape index (κ3) is 6.43. The zero-order valence-corrected chi connectivity index (χ0v) is 17.6. The van der Waals surface area contributed by atoms with Crippen molar-refractivity contribution in [1.82, 2.24) is 4.90 Å². The lowest BCUT2D eigenvalue weighted by atomic mass is 10.1. The predicted octanol–water partition coefficient (Wildman–Crippen LogP) is 5.31. The highest BCUT2D eigenvalue weighted by atomic mass is 35.5. The van der Waals surface area contributed by atoms with Crippen LogP contribution in [-0.2, 0) is 4.79 Å². The van der Waals surface area contributed by atoms with Crippen LogP contribution in [0.3, 0.4) is 0 Å². The van der Waals surface area contributed by atoms with Crippen LogP contribution in [0.4, 0.5) is 11.4 Å². The lowest BCUT2D eigenvalue weighted by Crippen LogP contribution is -2.32. The standard InChI is InChI=1S/C21H25Cl2N3O2/c1-3-10-26(11-4-2)21(28)15-6-5-7-17(12-15)25-20(27)14-24-19-9-8-16(22)13-18(19)23/h5-9,12-13,24H,3-4,10-11,14H2,1-2H3,(H,25,27). The van der Waals surface area contributed by atoms with E-state index in [2.05, 4.69) is 10.6 Å². The summed E-state index contributed by atoms with van der Waals surface area (Å²) in [4.78, 5) is 26.8. The van der Waals surface area contributed by atoms with E-state index < -0.39 is 0 Å². The number of rotatable bonds is 9. The molecule has 2 aromatic rings. The van der Waals surface area contributed by atoms with Gasteiger partial charge in [0.1, 0.15) is 0 Å². The zero-order chi connectivity index (χ0) is 20.5. The summed E-state index contributed by atoms with van der Waals surface area (Å²) in [5.41, 5.74) is 1.76. The molecule has 0 aliphatic carbocycles. The second kappa shape index (κ2) is 10.9. The zero-order valence-electron chi connectivity index (χ0n) is 16.1. The van der Waals surface area contributed by atoms with E-state index in [1.165, 1.54) is 0 Å². The molecule has 0 saturated carbocycles. The van der Waals surface area contributed by atoms with Gasteiger partial charge in [-0.15, -0.1) is 0 Å². The fourth-order valence-corrected chi connectivity index (χ4v) is 3.26. The van der Waals surface area contributed by atoms with E-state index in [-0.39, 0.29) is 18.4 Å². The quantitative estimate of drug-likeness (QED) is 0.576. The number of hydrogen-bond acceptors (Lipinski definition) is 3. The summed E-state index contributed by atoms with van der Waals surface area (Å²) in [7, 11) is 0. The SMILES string of the molecule is CCCN(CCC)C(=O)c1cccc(NC(=O)CNc2ccc(Cl)cc2Cl)c1. The Hall–Kier alpha value is -2.24. The average molecular weight is 422 g/mol. The molecule has 2 amide bonds. The number of amides is 2. The molecule has 2 aromatic carbocycles. The molecule has 0 unspecified atom stereocenters. The van der Waals surface area contributed by atoms with Gasteiger partial charge in [0.05, 0.1) is 17.3 Å². The fraction of sp³-hybridized carbons (Fsp3) is 0.333. The van der Waals surface area contributed by atoms with E-state index in [0.29, 0.717) is 27.0 Å². The Morgan fingerprint density at radius 3 is 2.36 bits per heavy atom. The second-order valence-electron chi connectivity index (χ2n) is 6.40. The molecule has 150 valence electrons. The molecular formula is C21H25Cl2N3O2. The minimum atomic E-state index is -0.241. The van der Waals surface area contributed by atoms with Crippen molar-refractivity contribution < 1.29 is 9.59 Å². The molecule has 0 heterocycles. The van der Waals surface area contributed by atoms with Gasteiger partial charge in [-0.1, -0.05) is 43.1 Å². The highest BCUT2D eigenvalue weighted by Crippen LogP contribution is 2.25. The molecule has 0 bridgehead atoms. The molecule has 0 spiro atoms. The molecule has 2 rings (SSSR count). The maximum atomic E-state index is 12.7. The van der Waals surface area contributed by atoms with Crippen molar-refractivity contribution in [3.8, 4) is 0 Å². The van der Waals surface area contributed by atoms with Crippen LogP contribution in [0.1, 0.15) is 37.0 Å². The molecule has 0 fully saturated rings. The monoisotopic (exact) mass is 421 g/mol. The van der Waals surface area contributed by atoms with E-state index in [1.807, 2.05) is 18.7 Å². The number of carbonyl (C=O) groups excluding carboxylic acids is 2. The molecular weight excluding hydrogens is 397 g/mol. The summed E-state index contributed by atoms with van der Waals surface area (Å²) < 4.78 is 0. The third-order valence-electron chi connectivity index (χ3n) is 4.04. The van der Waals surface area contributed by atoms with E-state index >= 15 is 0 Å². The Morgan fingerprint density at radius 1 is 1.00 bits per heavy atom. The maximum Gasteiger partial charge on any atom is 0.253 e. The maximum absolute atomic E-state index is 12.7. The normalized spacial score (nSPS) is 10.4. The highest BCUT2D eigenvalue weighted by Gasteiger charge is 2.15. The molecule has 0 atom stereocenters. The van der Waals surface area contributed by atoms with Gasteiger partial charge < -0.3 is 15.5 Å². The van der Waals surface area contributed by atoms with Crippen LogP contribution < -0.4 is 10.6 Å². The molecule has 0 aliphatic rings. The Morgan fingerprint density at radius 2 is 1.71 bits per heavy atom. The third-order valence-corrected chi connectivity index (χ3v) is 4.59. The number of carbonyl (C=O) groups is 2. The first-order chi connectivity index (χ1) is 13.4. The molecule has 0 aromatic heterocycles. The summed E-state index contributed by atoms with van der Waals surface area (Å²) in [5, 5.41) is 6.74. The van der Waals surface area contributed by atoms with Gasteiger partial charge in [-0.25, -0.2) is 0 Å². The Bertz CT molecular complexity index is 821. The predicted molar refractivity (Wildman–Crippen MR) is 117 cm³/mol. The van der Waals surface area contributed by atoms with Crippen molar-refractivity contribution in [2.24, 2.45) is 0 Å². The minimum Gasteiger partial charge on any atom is -0.375 e. The van der Waals surface area contributed by atoms with Crippen LogP contribution in [0.15, 0.2) is 42.5 Å². The molecule has 0 saturated heterocycles. The number of nitrogens with zero attached hydrogens (tertiary/aromatic N) is 1. The van der Waals surface area contributed by atoms with Crippen molar-refractivity contribution in [1.29, 1.82) is 0 Å². The molecule has 0 aliphatic heterocycles. The van der Waals surface area contributed by atoms with Crippen molar-refractivity contribution in [2.75, 3.05) is 30.3 Å². The summed E-state index contributed by atoms with van der Waals surface area (Å²) in [6.07, 6.45) is 1.81.